The molecule has 1 aromatic carbocycles. The Kier molecular flexibility index (Phi) is 7.49. The summed E-state index contributed by atoms with van der Waals surface area (Å²) in [5.41, 5.74) is 1.41. The van der Waals surface area contributed by atoms with E-state index in [1.807, 2.05) is 0 Å². The first-order chi connectivity index (χ1) is 15.1. The third kappa shape index (κ3) is 5.79. The van der Waals surface area contributed by atoms with Crippen molar-refractivity contribution in [2.45, 2.75) is 63.6 Å². The van der Waals surface area contributed by atoms with E-state index in [0.29, 0.717) is 18.0 Å². The Morgan fingerprint density at radius 3 is 2.58 bits per heavy atom. The number of carbonyl (C=O) groups excluding carboxylic acids is 1. The van der Waals surface area contributed by atoms with Crippen LogP contribution in [0.25, 0.3) is 0 Å². The maximum absolute atomic E-state index is 12.2. The molecular weight excluding hydrogens is 386 g/mol. The molecule has 1 amide bonds. The fourth-order valence-corrected chi connectivity index (χ4v) is 5.49. The van der Waals surface area contributed by atoms with Gasteiger partial charge in [0.25, 0.3) is 0 Å². The minimum atomic E-state index is 0.0623. The summed E-state index contributed by atoms with van der Waals surface area (Å²) >= 11 is 0. The molecule has 0 bridgehead atoms. The number of nitrogens with zero attached hydrogens (tertiary/aromatic N) is 4. The van der Waals surface area contributed by atoms with E-state index in [1.54, 1.807) is 19.0 Å². The lowest BCUT2D eigenvalue weighted by molar-refractivity contribution is -0.127. The number of likely N-dealkylation sites (N-methyl/N-ethyl adjacent to an activating group) is 1. The zero-order valence-electron chi connectivity index (χ0n) is 19.3. The molecule has 1 aliphatic carbocycles. The summed E-state index contributed by atoms with van der Waals surface area (Å²) < 4.78 is 0. The van der Waals surface area contributed by atoms with Crippen molar-refractivity contribution in [2.24, 2.45) is 10.9 Å². The largest absolute Gasteiger partial charge is 0.353 e. The second kappa shape index (κ2) is 10.5. The van der Waals surface area contributed by atoms with Crippen LogP contribution in [-0.4, -0.2) is 78.9 Å². The lowest BCUT2D eigenvalue weighted by Gasteiger charge is -2.48. The van der Waals surface area contributed by atoms with E-state index in [2.05, 4.69) is 45.4 Å². The first kappa shape index (κ1) is 22.1. The number of benzene rings is 1. The van der Waals surface area contributed by atoms with Crippen LogP contribution < -0.4 is 5.32 Å². The molecule has 3 aliphatic rings. The lowest BCUT2D eigenvalue weighted by Crippen LogP contribution is -2.57. The molecule has 6 heteroatoms. The molecule has 0 radical (unpaired) electrons. The third-order valence-electron chi connectivity index (χ3n) is 7.26. The van der Waals surface area contributed by atoms with Crippen molar-refractivity contribution in [3.8, 4) is 0 Å². The second-order valence-electron chi connectivity index (χ2n) is 9.71. The Balaban J connectivity index is 1.42. The Morgan fingerprint density at radius 1 is 1.06 bits per heavy atom. The molecule has 0 spiro atoms. The van der Waals surface area contributed by atoms with E-state index in [0.717, 1.165) is 25.6 Å². The molecule has 6 nitrogen and oxygen atoms in total. The Hall–Kier alpha value is -2.08. The molecule has 3 fully saturated rings. The molecule has 0 aromatic heterocycles. The van der Waals surface area contributed by atoms with Gasteiger partial charge >= 0.3 is 0 Å². The average Bonchev–Trinajstić information content (AvgIpc) is 3.30. The van der Waals surface area contributed by atoms with Gasteiger partial charge in [0.1, 0.15) is 6.54 Å². The van der Waals surface area contributed by atoms with Gasteiger partial charge in [0.05, 0.1) is 0 Å². The average molecular weight is 426 g/mol. The molecule has 170 valence electrons. The zero-order valence-corrected chi connectivity index (χ0v) is 19.3. The molecule has 2 saturated heterocycles. The molecule has 4 rings (SSSR count). The van der Waals surface area contributed by atoms with E-state index in [-0.39, 0.29) is 12.5 Å². The molecule has 2 heterocycles. The number of carbonyl (C=O) groups is 1. The number of nitrogens with one attached hydrogen (secondary N) is 1. The maximum atomic E-state index is 12.2. The van der Waals surface area contributed by atoms with Crippen molar-refractivity contribution in [1.82, 2.24) is 20.0 Å². The lowest BCUT2D eigenvalue weighted by atomic mass is 9.83. The van der Waals surface area contributed by atoms with Gasteiger partial charge in [-0.05, 0) is 50.1 Å². The predicted molar refractivity (Wildman–Crippen MR) is 126 cm³/mol. The van der Waals surface area contributed by atoms with Gasteiger partial charge in [-0.1, -0.05) is 43.2 Å². The van der Waals surface area contributed by atoms with Crippen LogP contribution in [0.15, 0.2) is 35.3 Å². The summed E-state index contributed by atoms with van der Waals surface area (Å²) in [5.74, 6) is 1.69. The predicted octanol–water partition coefficient (Wildman–Crippen LogP) is 2.95. The highest BCUT2D eigenvalue weighted by molar-refractivity contribution is 5.85. The van der Waals surface area contributed by atoms with Crippen LogP contribution in [0.3, 0.4) is 0 Å². The minimum Gasteiger partial charge on any atom is -0.353 e. The minimum absolute atomic E-state index is 0.0623. The number of hydrogen-bond donors (Lipinski definition) is 1. The van der Waals surface area contributed by atoms with E-state index < -0.39 is 0 Å². The molecule has 1 N–H and O–H groups in total. The van der Waals surface area contributed by atoms with Crippen LogP contribution in [0.5, 0.6) is 0 Å². The Morgan fingerprint density at radius 2 is 1.84 bits per heavy atom. The molecule has 2 aliphatic heterocycles. The van der Waals surface area contributed by atoms with Crippen molar-refractivity contribution in [3.05, 3.63) is 35.9 Å². The number of likely N-dealkylation sites (tertiary alicyclic amines) is 2. The zero-order chi connectivity index (χ0) is 21.6. The molecule has 1 saturated carbocycles. The van der Waals surface area contributed by atoms with Crippen molar-refractivity contribution in [2.75, 3.05) is 40.3 Å². The topological polar surface area (TPSA) is 51.2 Å². The van der Waals surface area contributed by atoms with Gasteiger partial charge in [-0.25, -0.2) is 4.99 Å². The van der Waals surface area contributed by atoms with Crippen LogP contribution in [0.1, 0.15) is 50.5 Å². The van der Waals surface area contributed by atoms with Gasteiger partial charge in [0.2, 0.25) is 5.91 Å². The summed E-state index contributed by atoms with van der Waals surface area (Å²) in [7, 11) is 3.60. The number of guanidine groups is 1. The standard InChI is InChI=1S/C25H39N5O/c1-28(2)24(31)17-26-25(27-22-12-6-7-13-22)30-16-14-23-21(19-30)11-8-15-29(23)18-20-9-4-3-5-10-20/h3-5,9-10,21-23H,6-8,11-19H2,1-2H3,(H,26,27). The van der Waals surface area contributed by atoms with E-state index in [9.17, 15) is 4.79 Å². The van der Waals surface area contributed by atoms with Gasteiger partial charge in [0.15, 0.2) is 5.96 Å². The molecule has 1 aromatic rings. The van der Waals surface area contributed by atoms with Gasteiger partial charge in [-0.2, -0.15) is 0 Å². The van der Waals surface area contributed by atoms with E-state index in [4.69, 9.17) is 4.99 Å². The fraction of sp³-hybridized carbons (Fsp3) is 0.680. The number of piperidine rings is 2. The van der Waals surface area contributed by atoms with Crippen LogP contribution in [0.4, 0.5) is 0 Å². The van der Waals surface area contributed by atoms with Crippen molar-refractivity contribution in [1.29, 1.82) is 0 Å². The summed E-state index contributed by atoms with van der Waals surface area (Å²) in [5, 5.41) is 3.72. The quantitative estimate of drug-likeness (QED) is 0.582. The summed E-state index contributed by atoms with van der Waals surface area (Å²) in [6.45, 7) is 4.55. The van der Waals surface area contributed by atoms with Crippen molar-refractivity contribution in [3.63, 3.8) is 0 Å². The first-order valence-corrected chi connectivity index (χ1v) is 12.1. The summed E-state index contributed by atoms with van der Waals surface area (Å²) in [6, 6.07) is 12.0. The van der Waals surface area contributed by atoms with Crippen molar-refractivity contribution >= 4 is 11.9 Å². The number of fused-ring (bicyclic) bond motifs is 1. The van der Waals surface area contributed by atoms with Crippen LogP contribution in [-0.2, 0) is 11.3 Å². The first-order valence-electron chi connectivity index (χ1n) is 12.1. The Bertz CT molecular complexity index is 744. The Labute approximate surface area is 187 Å². The van der Waals surface area contributed by atoms with Gasteiger partial charge in [-0.3, -0.25) is 9.69 Å². The molecular formula is C25H39N5O. The second-order valence-corrected chi connectivity index (χ2v) is 9.71. The highest BCUT2D eigenvalue weighted by atomic mass is 16.2. The highest BCUT2D eigenvalue weighted by Gasteiger charge is 2.37. The van der Waals surface area contributed by atoms with Gasteiger partial charge < -0.3 is 15.1 Å². The summed E-state index contributed by atoms with van der Waals surface area (Å²) in [6.07, 6.45) is 8.74. The van der Waals surface area contributed by atoms with Crippen LogP contribution in [0, 0.1) is 5.92 Å². The molecule has 31 heavy (non-hydrogen) atoms. The summed E-state index contributed by atoms with van der Waals surface area (Å²) in [4.78, 5) is 23.7. The number of rotatable bonds is 5. The maximum Gasteiger partial charge on any atom is 0.243 e. The smallest absolute Gasteiger partial charge is 0.243 e. The fourth-order valence-electron chi connectivity index (χ4n) is 5.49. The van der Waals surface area contributed by atoms with E-state index >= 15 is 0 Å². The van der Waals surface area contributed by atoms with Gasteiger partial charge in [-0.15, -0.1) is 0 Å². The SMILES string of the molecule is CN(C)C(=O)CN=C(NC1CCCC1)N1CCC2C(CCCN2Cc2ccccc2)C1. The molecule has 2 atom stereocenters. The van der Waals surface area contributed by atoms with Crippen LogP contribution in [0.2, 0.25) is 0 Å². The highest BCUT2D eigenvalue weighted by Crippen LogP contribution is 2.32. The van der Waals surface area contributed by atoms with Gasteiger partial charge in [0, 0.05) is 45.8 Å². The number of amides is 1. The normalized spacial score (nSPS) is 25.4. The monoisotopic (exact) mass is 425 g/mol. The van der Waals surface area contributed by atoms with E-state index in [1.165, 1.54) is 57.1 Å². The van der Waals surface area contributed by atoms with Crippen LogP contribution >= 0.6 is 0 Å². The number of aliphatic imine (C=N–C) groups is 1. The molecule has 2 unspecified atom stereocenters. The van der Waals surface area contributed by atoms with Crippen molar-refractivity contribution < 1.29 is 4.79 Å². The number of hydrogen-bond acceptors (Lipinski definition) is 3. The third-order valence-corrected chi connectivity index (χ3v) is 7.26.